The minimum Gasteiger partial charge on any atom is -0.480 e. The third-order valence-corrected chi connectivity index (χ3v) is 4.43. The number of rotatable bonds is 5. The van der Waals surface area contributed by atoms with E-state index in [2.05, 4.69) is 19.2 Å². The first-order chi connectivity index (χ1) is 6.63. The molecule has 1 heterocycles. The molecule has 0 radical (unpaired) electrons. The summed E-state index contributed by atoms with van der Waals surface area (Å²) >= 11 is 1.77. The van der Waals surface area contributed by atoms with Crippen molar-refractivity contribution >= 4 is 17.7 Å². The summed E-state index contributed by atoms with van der Waals surface area (Å²) in [5.74, 6) is -0.0169. The summed E-state index contributed by atoms with van der Waals surface area (Å²) < 4.78 is 0. The van der Waals surface area contributed by atoms with Crippen molar-refractivity contribution < 1.29 is 9.90 Å². The monoisotopic (exact) mass is 217 g/mol. The molecule has 14 heavy (non-hydrogen) atoms. The number of hydrogen-bond donors (Lipinski definition) is 2. The van der Waals surface area contributed by atoms with Gasteiger partial charge in [0.05, 0.1) is 4.87 Å². The van der Waals surface area contributed by atoms with E-state index in [1.165, 1.54) is 12.8 Å². The first kappa shape index (κ1) is 11.9. The van der Waals surface area contributed by atoms with E-state index >= 15 is 0 Å². The Morgan fingerprint density at radius 2 is 2.36 bits per heavy atom. The van der Waals surface area contributed by atoms with Gasteiger partial charge in [-0.15, -0.1) is 11.8 Å². The molecule has 0 spiro atoms. The second-order valence-electron chi connectivity index (χ2n) is 3.80. The lowest BCUT2D eigenvalue weighted by atomic mass is 10.1. The van der Waals surface area contributed by atoms with Gasteiger partial charge in [-0.3, -0.25) is 10.1 Å². The SMILES string of the molecule is CCCCC1(CC)N[C@H](C(=O)O)CS1. The van der Waals surface area contributed by atoms with Crippen LogP contribution in [0.2, 0.25) is 0 Å². The summed E-state index contributed by atoms with van der Waals surface area (Å²) in [5.41, 5.74) is 0. The molecule has 1 unspecified atom stereocenters. The van der Waals surface area contributed by atoms with Gasteiger partial charge in [0.1, 0.15) is 6.04 Å². The average Bonchev–Trinajstić information content (AvgIpc) is 2.60. The summed E-state index contributed by atoms with van der Waals surface area (Å²) in [6.45, 7) is 4.29. The third-order valence-electron chi connectivity index (χ3n) is 2.77. The minimum absolute atomic E-state index is 0.0269. The van der Waals surface area contributed by atoms with E-state index in [1.54, 1.807) is 11.8 Å². The van der Waals surface area contributed by atoms with Crippen LogP contribution in [0.5, 0.6) is 0 Å². The predicted molar refractivity (Wildman–Crippen MR) is 59.6 cm³/mol. The number of hydrogen-bond acceptors (Lipinski definition) is 3. The standard InChI is InChI=1S/C10H19NO2S/c1-3-5-6-10(4-2)11-8(7-14-10)9(12)13/h8,11H,3-7H2,1-2H3,(H,12,13)/t8-,10?/m0/s1. The zero-order chi connectivity index (χ0) is 10.6. The summed E-state index contributed by atoms with van der Waals surface area (Å²) in [6, 6.07) is -0.350. The quantitative estimate of drug-likeness (QED) is 0.740. The van der Waals surface area contributed by atoms with E-state index in [0.717, 1.165) is 12.8 Å². The van der Waals surface area contributed by atoms with Gasteiger partial charge in [-0.2, -0.15) is 0 Å². The van der Waals surface area contributed by atoms with Gasteiger partial charge in [-0.05, 0) is 12.8 Å². The molecule has 0 aromatic carbocycles. The highest BCUT2D eigenvalue weighted by atomic mass is 32.2. The van der Waals surface area contributed by atoms with Gasteiger partial charge in [0, 0.05) is 5.75 Å². The Hall–Kier alpha value is -0.220. The fraction of sp³-hybridized carbons (Fsp3) is 0.900. The van der Waals surface area contributed by atoms with Crippen molar-refractivity contribution in [3.05, 3.63) is 0 Å². The summed E-state index contributed by atoms with van der Waals surface area (Å²) in [4.78, 5) is 10.8. The minimum atomic E-state index is -0.718. The fourth-order valence-corrected chi connectivity index (χ4v) is 3.19. The molecule has 1 aliphatic rings. The lowest BCUT2D eigenvalue weighted by Gasteiger charge is -2.27. The van der Waals surface area contributed by atoms with Crippen molar-refractivity contribution in [2.45, 2.75) is 50.4 Å². The second-order valence-corrected chi connectivity index (χ2v) is 5.20. The highest BCUT2D eigenvalue weighted by molar-refractivity contribution is 8.00. The van der Waals surface area contributed by atoms with Crippen LogP contribution in [0.1, 0.15) is 39.5 Å². The topological polar surface area (TPSA) is 49.3 Å². The molecular weight excluding hydrogens is 198 g/mol. The Kier molecular flexibility index (Phi) is 4.26. The fourth-order valence-electron chi connectivity index (χ4n) is 1.76. The van der Waals surface area contributed by atoms with Crippen molar-refractivity contribution in [2.24, 2.45) is 0 Å². The first-order valence-electron chi connectivity index (χ1n) is 5.28. The van der Waals surface area contributed by atoms with Crippen molar-refractivity contribution in [2.75, 3.05) is 5.75 Å². The number of nitrogens with one attached hydrogen (secondary N) is 1. The van der Waals surface area contributed by atoms with E-state index in [1.807, 2.05) is 0 Å². The molecule has 1 aliphatic heterocycles. The van der Waals surface area contributed by atoms with Crippen LogP contribution < -0.4 is 5.32 Å². The third kappa shape index (κ3) is 2.64. The summed E-state index contributed by atoms with van der Waals surface area (Å²) in [7, 11) is 0. The number of carboxylic acid groups (broad SMARTS) is 1. The van der Waals surface area contributed by atoms with E-state index in [0.29, 0.717) is 5.75 Å². The Labute approximate surface area is 89.6 Å². The summed E-state index contributed by atoms with van der Waals surface area (Å²) in [6.07, 6.45) is 4.41. The van der Waals surface area contributed by atoms with Gasteiger partial charge < -0.3 is 5.11 Å². The second kappa shape index (κ2) is 5.03. The van der Waals surface area contributed by atoms with Gasteiger partial charge in [0.25, 0.3) is 0 Å². The zero-order valence-corrected chi connectivity index (χ0v) is 9.69. The Bertz CT molecular complexity index is 210. The van der Waals surface area contributed by atoms with E-state index in [4.69, 9.17) is 5.11 Å². The highest BCUT2D eigenvalue weighted by Crippen LogP contribution is 2.37. The highest BCUT2D eigenvalue weighted by Gasteiger charge is 2.39. The molecule has 0 saturated carbocycles. The number of carbonyl (C=O) groups is 1. The Morgan fingerprint density at radius 1 is 1.64 bits per heavy atom. The van der Waals surface area contributed by atoms with Crippen LogP contribution in [0.25, 0.3) is 0 Å². The lowest BCUT2D eigenvalue weighted by Crippen LogP contribution is -2.44. The molecule has 0 aromatic heterocycles. The van der Waals surface area contributed by atoms with Crippen molar-refractivity contribution in [3.63, 3.8) is 0 Å². The smallest absolute Gasteiger partial charge is 0.321 e. The maximum absolute atomic E-state index is 10.8. The van der Waals surface area contributed by atoms with Gasteiger partial charge in [0.15, 0.2) is 0 Å². The predicted octanol–water partition coefficient (Wildman–Crippen LogP) is 2.07. The molecule has 82 valence electrons. The molecule has 1 fully saturated rings. The van der Waals surface area contributed by atoms with E-state index in [9.17, 15) is 4.79 Å². The van der Waals surface area contributed by atoms with Crippen LogP contribution in [0, 0.1) is 0 Å². The zero-order valence-electron chi connectivity index (χ0n) is 8.88. The maximum Gasteiger partial charge on any atom is 0.321 e. The molecule has 1 rings (SSSR count). The largest absolute Gasteiger partial charge is 0.480 e. The molecule has 0 bridgehead atoms. The van der Waals surface area contributed by atoms with Crippen LogP contribution in [-0.2, 0) is 4.79 Å². The number of thioether (sulfide) groups is 1. The molecule has 0 amide bonds. The van der Waals surface area contributed by atoms with Crippen LogP contribution in [0.3, 0.4) is 0 Å². The van der Waals surface area contributed by atoms with E-state index < -0.39 is 5.97 Å². The molecule has 2 atom stereocenters. The van der Waals surface area contributed by atoms with E-state index in [-0.39, 0.29) is 10.9 Å². The molecule has 4 heteroatoms. The van der Waals surface area contributed by atoms with Crippen molar-refractivity contribution in [1.82, 2.24) is 5.32 Å². The van der Waals surface area contributed by atoms with Crippen LogP contribution in [-0.4, -0.2) is 27.7 Å². The normalized spacial score (nSPS) is 32.0. The van der Waals surface area contributed by atoms with Crippen molar-refractivity contribution in [1.29, 1.82) is 0 Å². The molecule has 3 nitrogen and oxygen atoms in total. The maximum atomic E-state index is 10.8. The molecule has 2 N–H and O–H groups in total. The average molecular weight is 217 g/mol. The van der Waals surface area contributed by atoms with Crippen LogP contribution >= 0.6 is 11.8 Å². The van der Waals surface area contributed by atoms with Gasteiger partial charge in [-0.1, -0.05) is 26.7 Å². The first-order valence-corrected chi connectivity index (χ1v) is 6.26. The molecule has 0 aromatic rings. The number of carboxylic acids is 1. The summed E-state index contributed by atoms with van der Waals surface area (Å²) in [5, 5.41) is 12.1. The Morgan fingerprint density at radius 3 is 2.79 bits per heavy atom. The van der Waals surface area contributed by atoms with Gasteiger partial charge in [0.2, 0.25) is 0 Å². The number of unbranched alkanes of at least 4 members (excludes halogenated alkanes) is 1. The molecule has 1 saturated heterocycles. The Balaban J connectivity index is 2.52. The number of aliphatic carboxylic acids is 1. The van der Waals surface area contributed by atoms with Crippen molar-refractivity contribution in [3.8, 4) is 0 Å². The lowest BCUT2D eigenvalue weighted by molar-refractivity contribution is -0.138. The molecular formula is C10H19NO2S. The molecule has 0 aliphatic carbocycles. The van der Waals surface area contributed by atoms with Crippen LogP contribution in [0.4, 0.5) is 0 Å². The van der Waals surface area contributed by atoms with Gasteiger partial charge >= 0.3 is 5.97 Å². The van der Waals surface area contributed by atoms with Gasteiger partial charge in [-0.25, -0.2) is 0 Å². The van der Waals surface area contributed by atoms with Crippen LogP contribution in [0.15, 0.2) is 0 Å².